The summed E-state index contributed by atoms with van der Waals surface area (Å²) in [6, 6.07) is 6.60. The van der Waals surface area contributed by atoms with Crippen LogP contribution in [0.3, 0.4) is 0 Å². The molecule has 4 N–H and O–H groups in total. The number of rotatable bonds is 7. The molecule has 1 aliphatic heterocycles. The molecule has 0 spiro atoms. The highest BCUT2D eigenvalue weighted by Crippen LogP contribution is 2.36. The zero-order valence-electron chi connectivity index (χ0n) is 23.2. The lowest BCUT2D eigenvalue weighted by atomic mass is 9.78. The van der Waals surface area contributed by atoms with E-state index in [0.717, 1.165) is 30.3 Å². The summed E-state index contributed by atoms with van der Waals surface area (Å²) >= 11 is 0. The monoisotopic (exact) mass is 515 g/mol. The maximum absolute atomic E-state index is 13.5. The van der Waals surface area contributed by atoms with Gasteiger partial charge in [-0.3, -0.25) is 9.59 Å². The Labute approximate surface area is 220 Å². The second kappa shape index (κ2) is 10.7. The first kappa shape index (κ1) is 29.0. The van der Waals surface area contributed by atoms with E-state index in [1.807, 2.05) is 52.0 Å². The highest BCUT2D eigenvalue weighted by Gasteiger charge is 2.51. The van der Waals surface area contributed by atoms with Crippen LogP contribution in [-0.2, 0) is 30.1 Å². The van der Waals surface area contributed by atoms with Gasteiger partial charge in [0.2, 0.25) is 11.8 Å². The number of ether oxygens (including phenoxy) is 1. The largest absolute Gasteiger partial charge is 0.494 e. The fraction of sp³-hybridized carbons (Fsp3) is 0.667. The maximum Gasteiger partial charge on any atom is 0.494 e. The molecule has 0 aromatic heterocycles. The van der Waals surface area contributed by atoms with Crippen molar-refractivity contribution < 1.29 is 28.4 Å². The smallest absolute Gasteiger partial charge is 0.444 e. The average molecular weight is 515 g/mol. The number of amides is 3. The second-order valence-electron chi connectivity index (χ2n) is 12.2. The normalized spacial score (nSPS) is 21.1. The van der Waals surface area contributed by atoms with Crippen LogP contribution in [0.2, 0.25) is 0 Å². The number of hydrogen-bond acceptors (Lipinski definition) is 6. The molecule has 3 amide bonds. The van der Waals surface area contributed by atoms with Gasteiger partial charge in [-0.25, -0.2) is 4.79 Å². The summed E-state index contributed by atoms with van der Waals surface area (Å²) in [5, 5.41) is 5.60. The molecule has 2 fully saturated rings. The van der Waals surface area contributed by atoms with E-state index in [1.54, 1.807) is 20.8 Å². The highest BCUT2D eigenvalue weighted by molar-refractivity contribution is 6.62. The predicted molar refractivity (Wildman–Crippen MR) is 142 cm³/mol. The van der Waals surface area contributed by atoms with Gasteiger partial charge < -0.3 is 30.4 Å². The number of nitrogens with one attached hydrogen (secondary N) is 2. The molecule has 37 heavy (non-hydrogen) atoms. The zero-order chi connectivity index (χ0) is 27.6. The second-order valence-corrected chi connectivity index (χ2v) is 12.2. The Morgan fingerprint density at radius 2 is 1.54 bits per heavy atom. The maximum atomic E-state index is 13.5. The standard InChI is InChI=1S/C27H42BN3O6/c1-24(2,3)35-23(34)31-27(15-9-8-10-16-27)22(33)30-20(21(29)32)17-18-11-13-19(14-12-18)28-36-25(4,5)26(6,7)37-28/h11-14,20H,8-10,15-17H2,1-7H3,(H2,29,32)(H,30,33)(H,31,34)/t20-/m0/s1. The molecule has 1 aromatic carbocycles. The molecule has 1 heterocycles. The van der Waals surface area contributed by atoms with E-state index in [1.165, 1.54) is 0 Å². The molecule has 2 aliphatic rings. The number of primary amides is 1. The third kappa shape index (κ3) is 7.05. The molecule has 9 nitrogen and oxygen atoms in total. The highest BCUT2D eigenvalue weighted by atomic mass is 16.7. The Morgan fingerprint density at radius 3 is 2.03 bits per heavy atom. The minimum Gasteiger partial charge on any atom is -0.444 e. The van der Waals surface area contributed by atoms with Crippen LogP contribution in [0, 0.1) is 0 Å². The van der Waals surface area contributed by atoms with Gasteiger partial charge in [-0.15, -0.1) is 0 Å². The Hall–Kier alpha value is -2.59. The first-order valence-corrected chi connectivity index (χ1v) is 13.1. The van der Waals surface area contributed by atoms with Crippen molar-refractivity contribution in [2.45, 2.75) is 115 Å². The lowest BCUT2D eigenvalue weighted by Crippen LogP contribution is -2.63. The van der Waals surface area contributed by atoms with E-state index in [9.17, 15) is 14.4 Å². The van der Waals surface area contributed by atoms with Gasteiger partial charge >= 0.3 is 13.2 Å². The summed E-state index contributed by atoms with van der Waals surface area (Å²) in [5.41, 5.74) is 4.63. The van der Waals surface area contributed by atoms with E-state index in [2.05, 4.69) is 10.6 Å². The molecule has 0 radical (unpaired) electrons. The average Bonchev–Trinajstić information content (AvgIpc) is 2.99. The van der Waals surface area contributed by atoms with Gasteiger partial charge in [0.25, 0.3) is 0 Å². The van der Waals surface area contributed by atoms with Gasteiger partial charge in [-0.2, -0.15) is 0 Å². The van der Waals surface area contributed by atoms with Crippen molar-refractivity contribution in [2.24, 2.45) is 5.73 Å². The Balaban J connectivity index is 1.70. The fourth-order valence-electron chi connectivity index (χ4n) is 4.61. The van der Waals surface area contributed by atoms with Crippen molar-refractivity contribution in [2.75, 3.05) is 0 Å². The molecule has 0 unspecified atom stereocenters. The van der Waals surface area contributed by atoms with E-state index in [-0.39, 0.29) is 6.42 Å². The molecule has 204 valence electrons. The minimum atomic E-state index is -1.14. The zero-order valence-corrected chi connectivity index (χ0v) is 23.2. The lowest BCUT2D eigenvalue weighted by Gasteiger charge is -2.37. The van der Waals surface area contributed by atoms with Crippen LogP contribution < -0.4 is 21.8 Å². The van der Waals surface area contributed by atoms with Crippen molar-refractivity contribution in [3.8, 4) is 0 Å². The lowest BCUT2D eigenvalue weighted by molar-refractivity contribution is -0.133. The van der Waals surface area contributed by atoms with E-state index in [0.29, 0.717) is 12.8 Å². The van der Waals surface area contributed by atoms with Crippen LogP contribution in [-0.4, -0.2) is 53.4 Å². The molecule has 1 saturated heterocycles. The molecular formula is C27H42BN3O6. The summed E-state index contributed by atoms with van der Waals surface area (Å²) in [6.45, 7) is 13.3. The van der Waals surface area contributed by atoms with Crippen LogP contribution in [0.4, 0.5) is 4.79 Å². The number of carbonyl (C=O) groups is 3. The number of nitrogens with two attached hydrogens (primary N) is 1. The van der Waals surface area contributed by atoms with Crippen LogP contribution in [0.15, 0.2) is 24.3 Å². The van der Waals surface area contributed by atoms with Gasteiger partial charge in [-0.05, 0) is 72.3 Å². The third-order valence-electron chi connectivity index (χ3n) is 7.48. The minimum absolute atomic E-state index is 0.216. The Bertz CT molecular complexity index is 980. The summed E-state index contributed by atoms with van der Waals surface area (Å²) < 4.78 is 17.6. The van der Waals surface area contributed by atoms with Crippen LogP contribution in [0.5, 0.6) is 0 Å². The van der Waals surface area contributed by atoms with Crippen LogP contribution in [0.25, 0.3) is 0 Å². The van der Waals surface area contributed by atoms with Gasteiger partial charge in [-0.1, -0.05) is 43.5 Å². The van der Waals surface area contributed by atoms with Gasteiger partial charge in [0, 0.05) is 6.42 Å². The van der Waals surface area contributed by atoms with E-state index in [4.69, 9.17) is 19.8 Å². The number of carbonyl (C=O) groups excluding carboxylic acids is 3. The summed E-state index contributed by atoms with van der Waals surface area (Å²) in [5.74, 6) is -1.07. The Kier molecular flexibility index (Phi) is 8.34. The van der Waals surface area contributed by atoms with Crippen LogP contribution in [0.1, 0.15) is 86.1 Å². The number of benzene rings is 1. The Morgan fingerprint density at radius 1 is 1.00 bits per heavy atom. The van der Waals surface area contributed by atoms with Gasteiger partial charge in [0.15, 0.2) is 0 Å². The topological polar surface area (TPSA) is 129 Å². The van der Waals surface area contributed by atoms with Gasteiger partial charge in [0.05, 0.1) is 11.2 Å². The SMILES string of the molecule is CC(C)(C)OC(=O)NC1(C(=O)N[C@@H](Cc2ccc(B3OC(C)(C)C(C)(C)O3)cc2)C(N)=O)CCCCC1. The quantitative estimate of drug-likeness (QED) is 0.479. The van der Waals surface area contributed by atoms with E-state index < -0.39 is 53.4 Å². The van der Waals surface area contributed by atoms with Crippen LogP contribution >= 0.6 is 0 Å². The third-order valence-corrected chi connectivity index (χ3v) is 7.48. The molecule has 10 heteroatoms. The molecule has 0 bridgehead atoms. The molecule has 1 aromatic rings. The summed E-state index contributed by atoms with van der Waals surface area (Å²) in [6.07, 6.45) is 3.03. The summed E-state index contributed by atoms with van der Waals surface area (Å²) in [4.78, 5) is 38.3. The van der Waals surface area contributed by atoms with Crippen molar-refractivity contribution >= 4 is 30.5 Å². The van der Waals surface area contributed by atoms with Crippen molar-refractivity contribution in [1.82, 2.24) is 10.6 Å². The predicted octanol–water partition coefficient (Wildman–Crippen LogP) is 2.73. The first-order valence-electron chi connectivity index (χ1n) is 13.1. The first-order chi connectivity index (χ1) is 17.0. The van der Waals surface area contributed by atoms with Gasteiger partial charge in [0.1, 0.15) is 17.2 Å². The fourth-order valence-corrected chi connectivity index (χ4v) is 4.61. The molecular weight excluding hydrogens is 473 g/mol. The molecule has 1 atom stereocenters. The van der Waals surface area contributed by atoms with Crippen molar-refractivity contribution in [3.05, 3.63) is 29.8 Å². The molecule has 3 rings (SSSR count). The molecule has 1 saturated carbocycles. The van der Waals surface area contributed by atoms with E-state index >= 15 is 0 Å². The molecule has 1 aliphatic carbocycles. The summed E-state index contributed by atoms with van der Waals surface area (Å²) in [7, 11) is -0.490. The van der Waals surface area contributed by atoms with Crippen molar-refractivity contribution in [1.29, 1.82) is 0 Å². The van der Waals surface area contributed by atoms with Crippen molar-refractivity contribution in [3.63, 3.8) is 0 Å². The number of hydrogen-bond donors (Lipinski definition) is 3. The number of alkyl carbamates (subject to hydrolysis) is 1.